The van der Waals surface area contributed by atoms with Gasteiger partial charge in [0.05, 0.1) is 12.3 Å². The van der Waals surface area contributed by atoms with Crippen LogP contribution in [0.3, 0.4) is 0 Å². The monoisotopic (exact) mass is 288 g/mol. The molecule has 1 rings (SSSR count). The van der Waals surface area contributed by atoms with Crippen molar-refractivity contribution in [2.75, 3.05) is 12.4 Å². The smallest absolute Gasteiger partial charge is 0.255 e. The predicted molar refractivity (Wildman–Crippen MR) is 66.4 cm³/mol. The first kappa shape index (κ1) is 14.6. The van der Waals surface area contributed by atoms with Gasteiger partial charge in [-0.15, -0.1) is 0 Å². The maximum Gasteiger partial charge on any atom is 0.255 e. The van der Waals surface area contributed by atoms with Gasteiger partial charge in [0.1, 0.15) is 6.04 Å². The summed E-state index contributed by atoms with van der Waals surface area (Å²) in [7, 11) is -2.43. The van der Waals surface area contributed by atoms with E-state index >= 15 is 0 Å². The molecule has 0 fully saturated rings. The molecular weight excluding hydrogens is 276 g/mol. The number of carbonyl (C=O) groups excluding carboxylic acids is 1. The van der Waals surface area contributed by atoms with E-state index in [-0.39, 0.29) is 15.2 Å². The van der Waals surface area contributed by atoms with E-state index in [1.54, 1.807) is 0 Å². The lowest BCUT2D eigenvalue weighted by molar-refractivity contribution is -0.114. The quantitative estimate of drug-likeness (QED) is 0.875. The van der Waals surface area contributed by atoms with E-state index in [1.807, 2.05) is 6.07 Å². The molecule has 9 heteroatoms. The highest BCUT2D eigenvalue weighted by Crippen LogP contribution is 2.25. The number of nitrogens with zero attached hydrogens (tertiary/aromatic N) is 3. The van der Waals surface area contributed by atoms with Crippen molar-refractivity contribution >= 4 is 32.4 Å². The van der Waals surface area contributed by atoms with Crippen molar-refractivity contribution < 1.29 is 13.2 Å². The second-order valence-corrected chi connectivity index (χ2v) is 6.75. The summed E-state index contributed by atoms with van der Waals surface area (Å²) >= 11 is 0.842. The van der Waals surface area contributed by atoms with Crippen molar-refractivity contribution in [1.82, 2.24) is 9.29 Å². The zero-order valence-corrected chi connectivity index (χ0v) is 11.7. The Hall–Kier alpha value is -1.50. The van der Waals surface area contributed by atoms with Crippen LogP contribution in [0.25, 0.3) is 0 Å². The molecule has 1 atom stereocenters. The molecule has 0 saturated carbocycles. The van der Waals surface area contributed by atoms with Crippen LogP contribution in [0.2, 0.25) is 0 Å². The number of nitrogens with one attached hydrogen (secondary N) is 1. The van der Waals surface area contributed by atoms with Crippen LogP contribution in [-0.4, -0.2) is 36.7 Å². The minimum absolute atomic E-state index is 0.0177. The fourth-order valence-corrected chi connectivity index (χ4v) is 3.56. The van der Waals surface area contributed by atoms with Crippen LogP contribution in [0, 0.1) is 11.3 Å². The average Bonchev–Trinajstić information content (AvgIpc) is 2.75. The molecular formula is C9H12N4O3S2. The lowest BCUT2D eigenvalue weighted by atomic mass is 10.4. The molecule has 1 N–H and O–H groups in total. The van der Waals surface area contributed by atoms with Gasteiger partial charge in [-0.3, -0.25) is 4.79 Å². The summed E-state index contributed by atoms with van der Waals surface area (Å²) in [4.78, 5) is 14.6. The highest BCUT2D eigenvalue weighted by Gasteiger charge is 2.27. The SMILES string of the molecule is CC(=O)Nc1ncc(S(=O)(=O)N(C)C(C)C#N)s1. The van der Waals surface area contributed by atoms with Crippen molar-refractivity contribution in [3.8, 4) is 6.07 Å². The summed E-state index contributed by atoms with van der Waals surface area (Å²) in [6, 6.07) is 1.06. The van der Waals surface area contributed by atoms with E-state index in [0.29, 0.717) is 0 Å². The molecule has 0 saturated heterocycles. The third-order valence-corrected chi connectivity index (χ3v) is 5.41. The van der Waals surface area contributed by atoms with Gasteiger partial charge in [0.25, 0.3) is 10.0 Å². The van der Waals surface area contributed by atoms with Gasteiger partial charge in [-0.25, -0.2) is 13.4 Å². The third kappa shape index (κ3) is 3.04. The maximum atomic E-state index is 12.1. The van der Waals surface area contributed by atoms with Crippen LogP contribution in [0.15, 0.2) is 10.4 Å². The molecule has 1 aromatic rings. The van der Waals surface area contributed by atoms with Gasteiger partial charge in [0.15, 0.2) is 9.34 Å². The first-order chi connectivity index (χ1) is 8.28. The second kappa shape index (κ2) is 5.43. The molecule has 0 radical (unpaired) electrons. The number of anilines is 1. The Bertz CT molecular complexity index is 587. The summed E-state index contributed by atoms with van der Waals surface area (Å²) in [5.74, 6) is -0.327. The second-order valence-electron chi connectivity index (χ2n) is 3.49. The Morgan fingerprint density at radius 1 is 1.67 bits per heavy atom. The molecule has 0 aliphatic heterocycles. The fourth-order valence-electron chi connectivity index (χ4n) is 1.02. The highest BCUT2D eigenvalue weighted by atomic mass is 32.2. The predicted octanol–water partition coefficient (Wildman–Crippen LogP) is 0.634. The normalized spacial score (nSPS) is 13.1. The van der Waals surface area contributed by atoms with Gasteiger partial charge in [-0.05, 0) is 6.92 Å². The molecule has 0 aliphatic carbocycles. The van der Waals surface area contributed by atoms with Crippen LogP contribution in [0.4, 0.5) is 5.13 Å². The van der Waals surface area contributed by atoms with Crippen molar-refractivity contribution in [3.05, 3.63) is 6.20 Å². The van der Waals surface area contributed by atoms with Gasteiger partial charge in [-0.2, -0.15) is 9.57 Å². The summed E-state index contributed by atoms with van der Waals surface area (Å²) in [6.45, 7) is 2.78. The average molecular weight is 288 g/mol. The molecule has 0 aromatic carbocycles. The Morgan fingerprint density at radius 2 is 2.28 bits per heavy atom. The third-order valence-electron chi connectivity index (χ3n) is 2.13. The molecule has 0 spiro atoms. The van der Waals surface area contributed by atoms with Crippen LogP contribution in [0.1, 0.15) is 13.8 Å². The minimum Gasteiger partial charge on any atom is -0.302 e. The van der Waals surface area contributed by atoms with Gasteiger partial charge >= 0.3 is 0 Å². The van der Waals surface area contributed by atoms with Gasteiger partial charge in [0.2, 0.25) is 5.91 Å². The molecule has 1 unspecified atom stereocenters. The number of nitriles is 1. The van der Waals surface area contributed by atoms with Crippen molar-refractivity contribution in [3.63, 3.8) is 0 Å². The Kier molecular flexibility index (Phi) is 4.39. The Labute approximate surface area is 109 Å². The molecule has 1 amide bonds. The number of hydrogen-bond acceptors (Lipinski definition) is 6. The maximum absolute atomic E-state index is 12.1. The van der Waals surface area contributed by atoms with Crippen LogP contribution >= 0.6 is 11.3 Å². The van der Waals surface area contributed by atoms with Crippen LogP contribution in [0.5, 0.6) is 0 Å². The van der Waals surface area contributed by atoms with Gasteiger partial charge in [0, 0.05) is 14.0 Å². The number of carbonyl (C=O) groups is 1. The summed E-state index contributed by atoms with van der Waals surface area (Å²) in [5, 5.41) is 11.3. The molecule has 1 aromatic heterocycles. The number of aromatic nitrogens is 1. The van der Waals surface area contributed by atoms with Crippen molar-refractivity contribution in [2.45, 2.75) is 24.1 Å². The Balaban J connectivity index is 3.03. The van der Waals surface area contributed by atoms with Crippen LogP contribution in [-0.2, 0) is 14.8 Å². The molecule has 0 aliphatic rings. The molecule has 7 nitrogen and oxygen atoms in total. The van der Waals surface area contributed by atoms with E-state index in [2.05, 4.69) is 10.3 Å². The molecule has 0 bridgehead atoms. The van der Waals surface area contributed by atoms with Gasteiger partial charge in [-0.1, -0.05) is 11.3 Å². The fraction of sp³-hybridized carbons (Fsp3) is 0.444. The molecule has 18 heavy (non-hydrogen) atoms. The number of rotatable bonds is 4. The first-order valence-electron chi connectivity index (χ1n) is 4.90. The molecule has 1 heterocycles. The zero-order chi connectivity index (χ0) is 13.9. The van der Waals surface area contributed by atoms with Gasteiger partial charge < -0.3 is 5.32 Å². The minimum atomic E-state index is -3.75. The molecule has 98 valence electrons. The summed E-state index contributed by atoms with van der Waals surface area (Å²) < 4.78 is 25.1. The van der Waals surface area contributed by atoms with E-state index in [9.17, 15) is 13.2 Å². The lowest BCUT2D eigenvalue weighted by Gasteiger charge is -2.17. The number of sulfonamides is 1. The van der Waals surface area contributed by atoms with Crippen molar-refractivity contribution in [1.29, 1.82) is 5.26 Å². The van der Waals surface area contributed by atoms with E-state index in [1.165, 1.54) is 20.9 Å². The van der Waals surface area contributed by atoms with Crippen molar-refractivity contribution in [2.24, 2.45) is 0 Å². The first-order valence-corrected chi connectivity index (χ1v) is 7.15. The zero-order valence-electron chi connectivity index (χ0n) is 10.0. The number of thiazole rings is 1. The summed E-state index contributed by atoms with van der Waals surface area (Å²) in [5.41, 5.74) is 0. The van der Waals surface area contributed by atoms with E-state index in [4.69, 9.17) is 5.26 Å². The van der Waals surface area contributed by atoms with Crippen LogP contribution < -0.4 is 5.32 Å². The lowest BCUT2D eigenvalue weighted by Crippen LogP contribution is -2.33. The number of hydrogen-bond donors (Lipinski definition) is 1. The standard InChI is InChI=1S/C9H12N4O3S2/c1-6(4-10)13(3)18(15,16)8-5-11-9(17-8)12-7(2)14/h5-6H,1-3H3,(H,11,12,14). The highest BCUT2D eigenvalue weighted by molar-refractivity contribution is 7.91. The van der Waals surface area contributed by atoms with E-state index < -0.39 is 16.1 Å². The number of amides is 1. The summed E-state index contributed by atoms with van der Waals surface area (Å²) in [6.07, 6.45) is 1.16. The van der Waals surface area contributed by atoms with E-state index in [0.717, 1.165) is 21.8 Å². The topological polar surface area (TPSA) is 103 Å². The largest absolute Gasteiger partial charge is 0.302 e. The Morgan fingerprint density at radius 3 is 2.78 bits per heavy atom.